The maximum absolute atomic E-state index is 15.1. The lowest BCUT2D eigenvalue weighted by Crippen LogP contribution is -2.48. The number of esters is 1. The van der Waals surface area contributed by atoms with Gasteiger partial charge in [-0.2, -0.15) is 5.10 Å². The number of amides is 2. The summed E-state index contributed by atoms with van der Waals surface area (Å²) in [5.74, 6) is -1.63. The third-order valence-corrected chi connectivity index (χ3v) is 8.62. The molecule has 0 radical (unpaired) electrons. The van der Waals surface area contributed by atoms with Gasteiger partial charge in [-0.3, -0.25) is 14.3 Å². The molecule has 1 saturated heterocycles. The second-order valence-corrected chi connectivity index (χ2v) is 12.6. The molecule has 11 nitrogen and oxygen atoms in total. The molecular formula is C33H46FN5O6. The molecule has 3 heterocycles. The molecule has 45 heavy (non-hydrogen) atoms. The van der Waals surface area contributed by atoms with Crippen LogP contribution in [0.4, 0.5) is 9.18 Å². The average Bonchev–Trinajstić information content (AvgIpc) is 3.38. The molecule has 0 bridgehead atoms. The summed E-state index contributed by atoms with van der Waals surface area (Å²) in [6, 6.07) is 3.12. The Balaban J connectivity index is 1.61. The Labute approximate surface area is 264 Å². The van der Waals surface area contributed by atoms with Gasteiger partial charge in [0.2, 0.25) is 5.91 Å². The van der Waals surface area contributed by atoms with E-state index in [1.807, 2.05) is 33.0 Å². The van der Waals surface area contributed by atoms with E-state index in [9.17, 15) is 19.5 Å². The van der Waals surface area contributed by atoms with Crippen LogP contribution < -0.4 is 0 Å². The van der Waals surface area contributed by atoms with Crippen molar-refractivity contribution in [3.05, 3.63) is 47.4 Å². The third-order valence-electron chi connectivity index (χ3n) is 8.62. The maximum Gasteiger partial charge on any atom is 0.410 e. The van der Waals surface area contributed by atoms with Gasteiger partial charge >= 0.3 is 12.1 Å². The molecule has 0 spiro atoms. The van der Waals surface area contributed by atoms with E-state index in [2.05, 4.69) is 10.00 Å². The van der Waals surface area contributed by atoms with Gasteiger partial charge in [0.15, 0.2) is 0 Å². The first-order valence-electron chi connectivity index (χ1n) is 15.6. The van der Waals surface area contributed by atoms with Crippen molar-refractivity contribution >= 4 is 34.9 Å². The summed E-state index contributed by atoms with van der Waals surface area (Å²) in [4.78, 5) is 43.6. The lowest BCUT2D eigenvalue weighted by molar-refractivity contribution is -0.151. The molecule has 0 aliphatic carbocycles. The minimum Gasteiger partial charge on any atom is -0.457 e. The zero-order chi connectivity index (χ0) is 32.8. The molecule has 4 rings (SSSR count). The summed E-state index contributed by atoms with van der Waals surface area (Å²) in [5, 5.41) is 15.1. The fraction of sp³-hybridized carbons (Fsp3) is 0.576. The normalized spacial score (nSPS) is 26.5. The standard InChI is InChI=1S/C33H46FN5O6/c1-21-7-9-25(40)18-31(42)45-32(22(2)8-10-29(21)44-33(43)38-13-11-37(6)12-14-38)23(3)15-24-16-27(34)26-19-35-39(28(26)17-24)20-30(41)36(4)5/h8,10,15-17,19,21-22,25,29,32,40H,7,9,11-14,18,20H2,1-6H3/b10-8+,23-15+/t21-,22-,25+,29-,32-/m0/s1. The maximum atomic E-state index is 15.1. The van der Waals surface area contributed by atoms with Crippen LogP contribution >= 0.6 is 0 Å². The van der Waals surface area contributed by atoms with Crippen molar-refractivity contribution in [1.82, 2.24) is 24.5 Å². The van der Waals surface area contributed by atoms with Crippen LogP contribution in [0.15, 0.2) is 36.1 Å². The van der Waals surface area contributed by atoms with Gasteiger partial charge in [-0.15, -0.1) is 0 Å². The van der Waals surface area contributed by atoms with Gasteiger partial charge in [0, 0.05) is 46.2 Å². The molecule has 2 aliphatic heterocycles. The SMILES string of the molecule is C/C(=C\c1cc(F)c2cnn(CC(=O)N(C)C)c2c1)[C@H]1OC(=O)C[C@H](O)CC[C@H](C)[C@@H](OC(=O)N2CCN(C)CC2)/C=C/[C@@H]1C. The van der Waals surface area contributed by atoms with Crippen LogP contribution in [0.3, 0.4) is 0 Å². The highest BCUT2D eigenvalue weighted by molar-refractivity contribution is 5.84. The molecule has 12 heteroatoms. The predicted molar refractivity (Wildman–Crippen MR) is 169 cm³/mol. The Bertz CT molecular complexity index is 1430. The summed E-state index contributed by atoms with van der Waals surface area (Å²) in [6.45, 7) is 8.37. The number of hydrogen-bond donors (Lipinski definition) is 1. The molecule has 2 aliphatic rings. The number of aliphatic hydroxyl groups is 1. The summed E-state index contributed by atoms with van der Waals surface area (Å²) in [6.07, 6.45) is 5.07. The fourth-order valence-corrected chi connectivity index (χ4v) is 5.61. The number of rotatable bonds is 5. The first-order valence-corrected chi connectivity index (χ1v) is 15.6. The van der Waals surface area contributed by atoms with Crippen molar-refractivity contribution in [2.45, 2.75) is 64.9 Å². The molecule has 1 aromatic carbocycles. The highest BCUT2D eigenvalue weighted by Crippen LogP contribution is 2.27. The monoisotopic (exact) mass is 627 g/mol. The molecule has 1 aromatic heterocycles. The van der Waals surface area contributed by atoms with E-state index in [0.29, 0.717) is 48.0 Å². The Morgan fingerprint density at radius 2 is 1.87 bits per heavy atom. The van der Waals surface area contributed by atoms with Crippen molar-refractivity contribution < 1.29 is 33.4 Å². The fourth-order valence-electron chi connectivity index (χ4n) is 5.61. The van der Waals surface area contributed by atoms with Crippen molar-refractivity contribution in [2.24, 2.45) is 11.8 Å². The minimum atomic E-state index is -0.903. The second kappa shape index (κ2) is 15.0. The zero-order valence-electron chi connectivity index (χ0n) is 27.1. The van der Waals surface area contributed by atoms with Crippen LogP contribution in [0.5, 0.6) is 0 Å². The third kappa shape index (κ3) is 8.91. The molecule has 2 aromatic rings. The van der Waals surface area contributed by atoms with E-state index < -0.39 is 30.1 Å². The molecular weight excluding hydrogens is 581 g/mol. The quantitative estimate of drug-likeness (QED) is 0.394. The second-order valence-electron chi connectivity index (χ2n) is 12.6. The van der Waals surface area contributed by atoms with E-state index in [1.165, 1.54) is 21.8 Å². The van der Waals surface area contributed by atoms with Crippen LogP contribution in [-0.2, 0) is 25.6 Å². The van der Waals surface area contributed by atoms with Crippen molar-refractivity contribution in [2.75, 3.05) is 47.3 Å². The average molecular weight is 628 g/mol. The van der Waals surface area contributed by atoms with Crippen molar-refractivity contribution in [3.63, 3.8) is 0 Å². The Morgan fingerprint density at radius 1 is 1.16 bits per heavy atom. The number of likely N-dealkylation sites (N-methyl/N-ethyl adjacent to an activating group) is 2. The van der Waals surface area contributed by atoms with Crippen LogP contribution in [0, 0.1) is 17.7 Å². The number of halogens is 1. The molecule has 5 atom stereocenters. The number of carbonyl (C=O) groups is 3. The highest BCUT2D eigenvalue weighted by atomic mass is 19.1. The van der Waals surface area contributed by atoms with E-state index in [1.54, 1.807) is 38.1 Å². The Hall–Kier alpha value is -3.77. The summed E-state index contributed by atoms with van der Waals surface area (Å²) < 4.78 is 28.5. The van der Waals surface area contributed by atoms with Gasteiger partial charge in [0.1, 0.15) is 24.6 Å². The number of ether oxygens (including phenoxy) is 2. The lowest BCUT2D eigenvalue weighted by atomic mass is 9.91. The van der Waals surface area contributed by atoms with Crippen LogP contribution in [0.1, 0.15) is 45.6 Å². The molecule has 0 saturated carbocycles. The summed E-state index contributed by atoms with van der Waals surface area (Å²) in [7, 11) is 5.31. The molecule has 246 valence electrons. The summed E-state index contributed by atoms with van der Waals surface area (Å²) >= 11 is 0. The Morgan fingerprint density at radius 3 is 2.56 bits per heavy atom. The molecule has 1 N–H and O–H groups in total. The van der Waals surface area contributed by atoms with E-state index >= 15 is 4.39 Å². The minimum absolute atomic E-state index is 0.0363. The number of fused-ring (bicyclic) bond motifs is 1. The predicted octanol–water partition coefficient (Wildman–Crippen LogP) is 3.70. The molecule has 0 unspecified atom stereocenters. The molecule has 2 amide bonds. The number of nitrogens with zero attached hydrogens (tertiary/aromatic N) is 5. The van der Waals surface area contributed by atoms with Gasteiger partial charge in [0.05, 0.1) is 29.6 Å². The number of hydrogen-bond acceptors (Lipinski definition) is 8. The van der Waals surface area contributed by atoms with Crippen LogP contribution in [0.2, 0.25) is 0 Å². The van der Waals surface area contributed by atoms with Gasteiger partial charge in [0.25, 0.3) is 0 Å². The van der Waals surface area contributed by atoms with E-state index in [4.69, 9.17) is 9.47 Å². The van der Waals surface area contributed by atoms with Gasteiger partial charge in [-0.05, 0) is 62.1 Å². The van der Waals surface area contributed by atoms with Crippen molar-refractivity contribution in [1.29, 1.82) is 0 Å². The zero-order valence-corrected chi connectivity index (χ0v) is 27.1. The van der Waals surface area contributed by atoms with E-state index in [-0.39, 0.29) is 36.8 Å². The van der Waals surface area contributed by atoms with Gasteiger partial charge in [-0.25, -0.2) is 9.18 Å². The Kier molecular flexibility index (Phi) is 11.4. The number of aliphatic hydroxyl groups excluding tert-OH is 1. The molecule has 1 fully saturated rings. The number of carbonyl (C=O) groups excluding carboxylic acids is 3. The number of cyclic esters (lactones) is 1. The topological polar surface area (TPSA) is 117 Å². The van der Waals surface area contributed by atoms with E-state index in [0.717, 1.165) is 13.1 Å². The first kappa shape index (κ1) is 34.1. The smallest absolute Gasteiger partial charge is 0.410 e. The van der Waals surface area contributed by atoms with Crippen molar-refractivity contribution in [3.8, 4) is 0 Å². The van der Waals surface area contributed by atoms with Gasteiger partial charge < -0.3 is 29.3 Å². The van der Waals surface area contributed by atoms with Gasteiger partial charge in [-0.1, -0.05) is 26.0 Å². The largest absolute Gasteiger partial charge is 0.457 e. The highest BCUT2D eigenvalue weighted by Gasteiger charge is 2.29. The lowest BCUT2D eigenvalue weighted by Gasteiger charge is -2.33. The van der Waals surface area contributed by atoms with Crippen LogP contribution in [0.25, 0.3) is 17.0 Å². The number of benzene rings is 1. The number of aromatic nitrogens is 2. The van der Waals surface area contributed by atoms with Crippen LogP contribution in [-0.4, -0.2) is 113 Å². The first-order chi connectivity index (χ1) is 21.3. The summed E-state index contributed by atoms with van der Waals surface area (Å²) in [5.41, 5.74) is 1.64. The number of piperazine rings is 1.